The van der Waals surface area contributed by atoms with Crippen molar-refractivity contribution in [2.75, 3.05) is 14.1 Å². The van der Waals surface area contributed by atoms with E-state index in [1.807, 2.05) is 24.3 Å². The van der Waals surface area contributed by atoms with Crippen LogP contribution in [0.5, 0.6) is 0 Å². The lowest BCUT2D eigenvalue weighted by molar-refractivity contribution is -0.129. The standard InChI is InChI=1S/C12H16BrNO2/c1-14(2)12(16)8-7-11(15)9-3-5-10(13)6-4-9/h3-6,11,15H,7-8H2,1-2H3. The van der Waals surface area contributed by atoms with Crippen LogP contribution in [0.4, 0.5) is 0 Å². The SMILES string of the molecule is CN(C)C(=O)CCC(O)c1ccc(Br)cc1. The van der Waals surface area contributed by atoms with Gasteiger partial charge in [-0.2, -0.15) is 0 Å². The second kappa shape index (κ2) is 6.01. The van der Waals surface area contributed by atoms with Crippen molar-refractivity contribution in [1.82, 2.24) is 4.90 Å². The van der Waals surface area contributed by atoms with Crippen LogP contribution in [0.15, 0.2) is 28.7 Å². The van der Waals surface area contributed by atoms with Crippen molar-refractivity contribution in [3.05, 3.63) is 34.3 Å². The molecule has 4 heteroatoms. The molecule has 0 aliphatic carbocycles. The van der Waals surface area contributed by atoms with E-state index in [0.717, 1.165) is 10.0 Å². The maximum absolute atomic E-state index is 11.3. The van der Waals surface area contributed by atoms with Gasteiger partial charge in [-0.1, -0.05) is 28.1 Å². The summed E-state index contributed by atoms with van der Waals surface area (Å²) in [5.74, 6) is 0.0381. The van der Waals surface area contributed by atoms with Crippen LogP contribution in [0.25, 0.3) is 0 Å². The third kappa shape index (κ3) is 3.94. The summed E-state index contributed by atoms with van der Waals surface area (Å²) in [6.07, 6.45) is 0.250. The quantitative estimate of drug-likeness (QED) is 0.923. The number of carbonyl (C=O) groups excluding carboxylic acids is 1. The topological polar surface area (TPSA) is 40.5 Å². The van der Waals surface area contributed by atoms with Crippen LogP contribution in [-0.2, 0) is 4.79 Å². The minimum Gasteiger partial charge on any atom is -0.388 e. The lowest BCUT2D eigenvalue weighted by Gasteiger charge is -2.13. The molecular weight excluding hydrogens is 270 g/mol. The van der Waals surface area contributed by atoms with Crippen LogP contribution in [-0.4, -0.2) is 30.0 Å². The monoisotopic (exact) mass is 285 g/mol. The summed E-state index contributed by atoms with van der Waals surface area (Å²) in [6, 6.07) is 7.47. The summed E-state index contributed by atoms with van der Waals surface area (Å²) in [6.45, 7) is 0. The first-order chi connectivity index (χ1) is 7.50. The second-order valence-corrected chi connectivity index (χ2v) is 4.81. The number of hydrogen-bond donors (Lipinski definition) is 1. The first kappa shape index (κ1) is 13.2. The number of benzene rings is 1. The molecule has 88 valence electrons. The summed E-state index contributed by atoms with van der Waals surface area (Å²) >= 11 is 3.33. The Morgan fingerprint density at radius 3 is 2.44 bits per heavy atom. The molecule has 0 spiro atoms. The largest absolute Gasteiger partial charge is 0.388 e. The highest BCUT2D eigenvalue weighted by molar-refractivity contribution is 9.10. The Labute approximate surface area is 104 Å². The fraction of sp³-hybridized carbons (Fsp3) is 0.417. The fourth-order valence-electron chi connectivity index (χ4n) is 1.34. The average molecular weight is 286 g/mol. The van der Waals surface area contributed by atoms with Gasteiger partial charge in [0.1, 0.15) is 0 Å². The van der Waals surface area contributed by atoms with Gasteiger partial charge in [0.25, 0.3) is 0 Å². The number of hydrogen-bond acceptors (Lipinski definition) is 2. The second-order valence-electron chi connectivity index (χ2n) is 3.89. The zero-order chi connectivity index (χ0) is 12.1. The van der Waals surface area contributed by atoms with Crippen molar-refractivity contribution in [1.29, 1.82) is 0 Å². The molecule has 0 aromatic heterocycles. The van der Waals surface area contributed by atoms with Gasteiger partial charge in [0.15, 0.2) is 0 Å². The molecule has 0 aliphatic rings. The number of nitrogens with zero attached hydrogens (tertiary/aromatic N) is 1. The van der Waals surface area contributed by atoms with Crippen molar-refractivity contribution < 1.29 is 9.90 Å². The minimum atomic E-state index is -0.572. The van der Waals surface area contributed by atoms with E-state index in [2.05, 4.69) is 15.9 Å². The smallest absolute Gasteiger partial charge is 0.222 e. The molecule has 1 atom stereocenters. The van der Waals surface area contributed by atoms with Crippen LogP contribution < -0.4 is 0 Å². The van der Waals surface area contributed by atoms with E-state index in [4.69, 9.17) is 0 Å². The molecule has 0 bridgehead atoms. The van der Waals surface area contributed by atoms with E-state index >= 15 is 0 Å². The molecule has 1 unspecified atom stereocenters. The van der Waals surface area contributed by atoms with Crippen molar-refractivity contribution in [3.63, 3.8) is 0 Å². The summed E-state index contributed by atoms with van der Waals surface area (Å²) in [7, 11) is 3.43. The molecule has 0 saturated carbocycles. The van der Waals surface area contributed by atoms with Crippen molar-refractivity contribution in [3.8, 4) is 0 Å². The number of carbonyl (C=O) groups is 1. The first-order valence-corrected chi connectivity index (χ1v) is 5.93. The third-order valence-electron chi connectivity index (χ3n) is 2.39. The Kier molecular flexibility index (Phi) is 4.96. The molecule has 16 heavy (non-hydrogen) atoms. The van der Waals surface area contributed by atoms with Crippen molar-refractivity contribution in [2.45, 2.75) is 18.9 Å². The van der Waals surface area contributed by atoms with E-state index in [-0.39, 0.29) is 5.91 Å². The third-order valence-corrected chi connectivity index (χ3v) is 2.91. The van der Waals surface area contributed by atoms with Gasteiger partial charge in [0, 0.05) is 25.0 Å². The Hall–Kier alpha value is -0.870. The lowest BCUT2D eigenvalue weighted by Crippen LogP contribution is -2.21. The molecule has 0 fully saturated rings. The summed E-state index contributed by atoms with van der Waals surface area (Å²) in [5, 5.41) is 9.86. The van der Waals surface area contributed by atoms with E-state index < -0.39 is 6.10 Å². The normalized spacial score (nSPS) is 12.2. The van der Waals surface area contributed by atoms with Crippen LogP contribution in [0.2, 0.25) is 0 Å². The molecular formula is C12H16BrNO2. The predicted octanol–water partition coefficient (Wildman–Crippen LogP) is 2.35. The number of halogens is 1. The van der Waals surface area contributed by atoms with Gasteiger partial charge < -0.3 is 10.0 Å². The van der Waals surface area contributed by atoms with Gasteiger partial charge in [-0.25, -0.2) is 0 Å². The molecule has 0 aliphatic heterocycles. The molecule has 0 radical (unpaired) electrons. The van der Waals surface area contributed by atoms with Gasteiger partial charge in [-0.05, 0) is 24.1 Å². The van der Waals surface area contributed by atoms with E-state index in [1.165, 1.54) is 4.90 Å². The van der Waals surface area contributed by atoms with Gasteiger partial charge in [0.2, 0.25) is 5.91 Å². The Morgan fingerprint density at radius 1 is 1.38 bits per heavy atom. The molecule has 1 aromatic rings. The number of aliphatic hydroxyl groups excluding tert-OH is 1. The van der Waals surface area contributed by atoms with Crippen molar-refractivity contribution >= 4 is 21.8 Å². The average Bonchev–Trinajstić information content (AvgIpc) is 2.26. The van der Waals surface area contributed by atoms with Gasteiger partial charge >= 0.3 is 0 Å². The van der Waals surface area contributed by atoms with Crippen LogP contribution in [0.3, 0.4) is 0 Å². The predicted molar refractivity (Wildman–Crippen MR) is 67.0 cm³/mol. The van der Waals surface area contributed by atoms with Crippen LogP contribution in [0.1, 0.15) is 24.5 Å². The van der Waals surface area contributed by atoms with Crippen LogP contribution in [0, 0.1) is 0 Å². The Balaban J connectivity index is 2.49. The van der Waals surface area contributed by atoms with Crippen LogP contribution >= 0.6 is 15.9 Å². The molecule has 1 N–H and O–H groups in total. The van der Waals surface area contributed by atoms with Crippen molar-refractivity contribution in [2.24, 2.45) is 0 Å². The molecule has 0 heterocycles. The molecule has 1 amide bonds. The van der Waals surface area contributed by atoms with E-state index in [0.29, 0.717) is 12.8 Å². The van der Waals surface area contributed by atoms with Gasteiger partial charge in [0.05, 0.1) is 6.10 Å². The molecule has 1 rings (SSSR count). The number of rotatable bonds is 4. The van der Waals surface area contributed by atoms with Gasteiger partial charge in [-0.15, -0.1) is 0 Å². The number of aliphatic hydroxyl groups is 1. The first-order valence-electron chi connectivity index (χ1n) is 5.14. The van der Waals surface area contributed by atoms with Gasteiger partial charge in [-0.3, -0.25) is 4.79 Å². The highest BCUT2D eigenvalue weighted by Crippen LogP contribution is 2.20. The minimum absolute atomic E-state index is 0.0381. The summed E-state index contributed by atoms with van der Waals surface area (Å²) < 4.78 is 0.979. The fourth-order valence-corrected chi connectivity index (χ4v) is 1.60. The maximum atomic E-state index is 11.3. The summed E-state index contributed by atoms with van der Waals surface area (Å²) in [4.78, 5) is 12.9. The number of amides is 1. The summed E-state index contributed by atoms with van der Waals surface area (Å²) in [5.41, 5.74) is 0.842. The zero-order valence-electron chi connectivity index (χ0n) is 9.48. The molecule has 0 saturated heterocycles. The lowest BCUT2D eigenvalue weighted by atomic mass is 10.0. The zero-order valence-corrected chi connectivity index (χ0v) is 11.1. The molecule has 3 nitrogen and oxygen atoms in total. The highest BCUT2D eigenvalue weighted by atomic mass is 79.9. The van der Waals surface area contributed by atoms with E-state index in [9.17, 15) is 9.90 Å². The Morgan fingerprint density at radius 2 is 1.94 bits per heavy atom. The highest BCUT2D eigenvalue weighted by Gasteiger charge is 2.11. The maximum Gasteiger partial charge on any atom is 0.222 e. The molecule has 1 aromatic carbocycles. The van der Waals surface area contributed by atoms with E-state index in [1.54, 1.807) is 14.1 Å². The Bertz CT molecular complexity index is 349.